The predicted octanol–water partition coefficient (Wildman–Crippen LogP) is 4.69. The molecule has 0 atom stereocenters. The Morgan fingerprint density at radius 2 is 1.97 bits per heavy atom. The molecule has 152 valence electrons. The van der Waals surface area contributed by atoms with E-state index in [-0.39, 0.29) is 5.60 Å². The number of piperidine rings is 1. The highest BCUT2D eigenvalue weighted by Crippen LogP contribution is 2.49. The van der Waals surface area contributed by atoms with Crippen LogP contribution in [-0.2, 0) is 16.9 Å². The molecular formula is C24H23ClN4O. The molecule has 1 fully saturated rings. The van der Waals surface area contributed by atoms with Gasteiger partial charge in [0.05, 0.1) is 11.9 Å². The Balaban J connectivity index is 1.31. The average Bonchev–Trinajstić information content (AvgIpc) is 3.34. The van der Waals surface area contributed by atoms with Crippen LogP contribution >= 0.6 is 11.6 Å². The highest BCUT2D eigenvalue weighted by atomic mass is 35.5. The first kappa shape index (κ1) is 19.1. The van der Waals surface area contributed by atoms with Gasteiger partial charge in [-0.2, -0.15) is 5.10 Å². The van der Waals surface area contributed by atoms with Crippen LogP contribution < -0.4 is 0 Å². The van der Waals surface area contributed by atoms with Gasteiger partial charge in [0.15, 0.2) is 5.76 Å². The number of rotatable bonds is 3. The van der Waals surface area contributed by atoms with E-state index in [0.717, 1.165) is 60.1 Å². The van der Waals surface area contributed by atoms with E-state index in [4.69, 9.17) is 16.3 Å². The number of hydrogen-bond acceptors (Lipinski definition) is 4. The van der Waals surface area contributed by atoms with Crippen molar-refractivity contribution in [1.29, 1.82) is 0 Å². The van der Waals surface area contributed by atoms with Crippen molar-refractivity contribution in [2.75, 3.05) is 20.1 Å². The highest BCUT2D eigenvalue weighted by Gasteiger charge is 2.45. The number of hydrogen-bond donors (Lipinski definition) is 0. The smallest absolute Gasteiger partial charge is 0.189 e. The number of halogens is 1. The Bertz CT molecular complexity index is 1120. The summed E-state index contributed by atoms with van der Waals surface area (Å²) < 4.78 is 8.36. The quantitative estimate of drug-likeness (QED) is 0.579. The summed E-state index contributed by atoms with van der Waals surface area (Å²) in [6, 6.07) is 16.2. The van der Waals surface area contributed by atoms with Gasteiger partial charge in [-0.15, -0.1) is 0 Å². The first-order chi connectivity index (χ1) is 14.7. The molecule has 3 aromatic rings. The molecule has 5 nitrogen and oxygen atoms in total. The highest BCUT2D eigenvalue weighted by molar-refractivity contribution is 6.30. The number of ether oxygens (including phenoxy) is 1. The topological polar surface area (TPSA) is 42.6 Å². The molecule has 0 N–H and O–H groups in total. The van der Waals surface area contributed by atoms with Gasteiger partial charge in [-0.05, 0) is 30.3 Å². The summed E-state index contributed by atoms with van der Waals surface area (Å²) in [7, 11) is 1.72. The van der Waals surface area contributed by atoms with Crippen LogP contribution in [0.1, 0.15) is 29.5 Å². The number of nitrogens with zero attached hydrogens (tertiary/aromatic N) is 4. The Hall–Kier alpha value is -2.85. The van der Waals surface area contributed by atoms with Crippen molar-refractivity contribution in [1.82, 2.24) is 14.7 Å². The molecule has 0 amide bonds. The van der Waals surface area contributed by atoms with Gasteiger partial charge in [-0.3, -0.25) is 4.90 Å². The molecular weight excluding hydrogens is 396 g/mol. The van der Waals surface area contributed by atoms with Gasteiger partial charge in [-0.25, -0.2) is 9.67 Å². The standard InChI is InChI=1S/C24H23ClN4O/c1-26-15-23-21-8-7-19(25)13-22(21)24(30-23)9-11-28(12-10-24)16-18-14-27-29(17-18)20-5-3-2-4-6-20/h2-8,13-14,17H,9-12,16H2,1H3. The molecule has 0 saturated carbocycles. The van der Waals surface area contributed by atoms with Crippen molar-refractivity contribution >= 4 is 23.2 Å². The lowest BCUT2D eigenvalue weighted by Crippen LogP contribution is -2.42. The maximum absolute atomic E-state index is 6.43. The minimum absolute atomic E-state index is 0.335. The number of para-hydroxylation sites is 1. The molecule has 0 unspecified atom stereocenters. The van der Waals surface area contributed by atoms with E-state index in [9.17, 15) is 0 Å². The van der Waals surface area contributed by atoms with Crippen LogP contribution in [0.25, 0.3) is 11.4 Å². The maximum Gasteiger partial charge on any atom is 0.189 e. The summed E-state index contributed by atoms with van der Waals surface area (Å²) in [5, 5.41) is 5.26. The first-order valence-electron chi connectivity index (χ1n) is 10.2. The zero-order valence-corrected chi connectivity index (χ0v) is 17.6. The fraction of sp³-hybridized carbons (Fsp3) is 0.292. The Labute approximate surface area is 181 Å². The molecule has 6 heteroatoms. The Kier molecular flexibility index (Phi) is 4.95. The van der Waals surface area contributed by atoms with Gasteiger partial charge < -0.3 is 4.74 Å². The Morgan fingerprint density at radius 3 is 2.73 bits per heavy atom. The molecule has 1 aromatic heterocycles. The molecule has 1 saturated heterocycles. The van der Waals surface area contributed by atoms with E-state index >= 15 is 0 Å². The fourth-order valence-electron chi connectivity index (χ4n) is 4.45. The van der Waals surface area contributed by atoms with Crippen LogP contribution in [0.15, 0.2) is 65.9 Å². The molecule has 0 radical (unpaired) electrons. The van der Waals surface area contributed by atoms with Crippen LogP contribution in [0.3, 0.4) is 0 Å². The Morgan fingerprint density at radius 1 is 1.17 bits per heavy atom. The third kappa shape index (κ3) is 3.46. The van der Waals surface area contributed by atoms with Crippen LogP contribution in [0.4, 0.5) is 0 Å². The number of fused-ring (bicyclic) bond motifs is 2. The SMILES string of the molecule is CN=C=C1OC2(CCN(Cc3cnn(-c4ccccc4)c3)CC2)c2cc(Cl)ccc21. The number of likely N-dealkylation sites (tertiary alicyclic amines) is 1. The van der Waals surface area contributed by atoms with Crippen molar-refractivity contribution in [3.63, 3.8) is 0 Å². The second-order valence-electron chi connectivity index (χ2n) is 7.86. The third-order valence-electron chi connectivity index (χ3n) is 5.95. The van der Waals surface area contributed by atoms with Crippen molar-refractivity contribution in [3.8, 4) is 5.69 Å². The molecule has 0 aliphatic carbocycles. The zero-order valence-electron chi connectivity index (χ0n) is 16.9. The minimum Gasteiger partial charge on any atom is -0.473 e. The van der Waals surface area contributed by atoms with Crippen LogP contribution in [0.5, 0.6) is 0 Å². The maximum atomic E-state index is 6.43. The van der Waals surface area contributed by atoms with Gasteiger partial charge in [0.25, 0.3) is 0 Å². The lowest BCUT2D eigenvalue weighted by Gasteiger charge is -2.39. The largest absolute Gasteiger partial charge is 0.473 e. The van der Waals surface area contributed by atoms with E-state index < -0.39 is 0 Å². The summed E-state index contributed by atoms with van der Waals surface area (Å²) in [6.45, 7) is 2.77. The number of benzene rings is 2. The lowest BCUT2D eigenvalue weighted by atomic mass is 9.83. The van der Waals surface area contributed by atoms with Crippen molar-refractivity contribution in [3.05, 3.63) is 82.6 Å². The summed E-state index contributed by atoms with van der Waals surface area (Å²) in [6.07, 6.45) is 5.88. The van der Waals surface area contributed by atoms with Gasteiger partial charge in [-0.1, -0.05) is 29.8 Å². The monoisotopic (exact) mass is 418 g/mol. The van der Waals surface area contributed by atoms with Crippen molar-refractivity contribution < 1.29 is 4.74 Å². The summed E-state index contributed by atoms with van der Waals surface area (Å²) in [5.74, 6) is 3.74. The van der Waals surface area contributed by atoms with Crippen LogP contribution in [0.2, 0.25) is 5.02 Å². The van der Waals surface area contributed by atoms with Gasteiger partial charge >= 0.3 is 0 Å². The molecule has 0 bridgehead atoms. The van der Waals surface area contributed by atoms with Gasteiger partial charge in [0.1, 0.15) is 5.60 Å². The second-order valence-corrected chi connectivity index (χ2v) is 8.29. The van der Waals surface area contributed by atoms with Crippen molar-refractivity contribution in [2.24, 2.45) is 4.99 Å². The fourth-order valence-corrected chi connectivity index (χ4v) is 4.62. The minimum atomic E-state index is -0.335. The van der Waals surface area contributed by atoms with Crippen molar-refractivity contribution in [2.45, 2.75) is 25.0 Å². The molecule has 5 rings (SSSR count). The van der Waals surface area contributed by atoms with E-state index in [2.05, 4.69) is 39.2 Å². The molecule has 2 aliphatic rings. The summed E-state index contributed by atoms with van der Waals surface area (Å²) in [4.78, 5) is 6.51. The molecule has 1 spiro atoms. The predicted molar refractivity (Wildman–Crippen MR) is 119 cm³/mol. The van der Waals surface area contributed by atoms with E-state index in [1.165, 1.54) is 5.56 Å². The van der Waals surface area contributed by atoms with Crippen LogP contribution in [0, 0.1) is 0 Å². The third-order valence-corrected chi connectivity index (χ3v) is 6.19. The van der Waals surface area contributed by atoms with Gasteiger partial charge in [0.2, 0.25) is 0 Å². The van der Waals surface area contributed by atoms with E-state index in [1.807, 2.05) is 47.3 Å². The number of aromatic nitrogens is 2. The van der Waals surface area contributed by atoms with E-state index in [1.54, 1.807) is 7.05 Å². The van der Waals surface area contributed by atoms with E-state index in [0.29, 0.717) is 0 Å². The second kappa shape index (κ2) is 7.77. The average molecular weight is 419 g/mol. The molecule has 30 heavy (non-hydrogen) atoms. The lowest BCUT2D eigenvalue weighted by molar-refractivity contribution is -0.0140. The zero-order chi connectivity index (χ0) is 20.6. The normalized spacial score (nSPS) is 17.5. The molecule has 2 aromatic carbocycles. The van der Waals surface area contributed by atoms with Gasteiger partial charge in [0, 0.05) is 73.3 Å². The molecule has 3 heterocycles. The molecule has 2 aliphatic heterocycles. The first-order valence-corrected chi connectivity index (χ1v) is 10.6. The summed E-state index contributed by atoms with van der Waals surface area (Å²) in [5.41, 5.74) is 4.17. The number of aliphatic imine (C=N–C) groups is 1. The summed E-state index contributed by atoms with van der Waals surface area (Å²) >= 11 is 6.31. The van der Waals surface area contributed by atoms with Crippen LogP contribution in [-0.4, -0.2) is 40.7 Å².